The van der Waals surface area contributed by atoms with Gasteiger partial charge in [-0.05, 0) is 59.9 Å². The Balaban J connectivity index is 0.00000541. The summed E-state index contributed by atoms with van der Waals surface area (Å²) in [7, 11) is 0. The lowest BCUT2D eigenvalue weighted by atomic mass is 9.69. The Morgan fingerprint density at radius 2 is 1.45 bits per heavy atom. The van der Waals surface area contributed by atoms with Crippen LogP contribution in [-0.4, -0.2) is 36.6 Å². The molecule has 1 heterocycles. The van der Waals surface area contributed by atoms with Crippen molar-refractivity contribution in [2.45, 2.75) is 24.4 Å². The number of nitrogens with zero attached hydrogens (tertiary/aromatic N) is 1. The second-order valence-corrected chi connectivity index (χ2v) is 11.4. The Morgan fingerprint density at radius 3 is 2.04 bits per heavy atom. The number of hydrogen-bond donors (Lipinski definition) is 1. The Labute approximate surface area is 292 Å². The van der Waals surface area contributed by atoms with Gasteiger partial charge in [0.15, 0.2) is 0 Å². The standard InChI is InChI=1S/C37H32ClF3N2O5.ClH/c38-33-26(11-7-18-31(33)37(39,40)41)24-36(27-12-3-1-4-13-27,28-14-5-2-6-15-28)25-43(35(42)45)20-10-22-46-29-16-8-17-30(23-29)48-34(44)32-19-9-21-47-32;/h1-9,11-19,21,23H,10,20,22,24-25H2,(H2,42,45);1H. The van der Waals surface area contributed by atoms with Crippen molar-refractivity contribution < 1.29 is 36.7 Å². The molecule has 2 amide bonds. The molecule has 0 bridgehead atoms. The summed E-state index contributed by atoms with van der Waals surface area (Å²) in [4.78, 5) is 26.6. The van der Waals surface area contributed by atoms with Crippen LogP contribution in [0.4, 0.5) is 18.0 Å². The molecule has 0 unspecified atom stereocenters. The zero-order valence-corrected chi connectivity index (χ0v) is 27.6. The van der Waals surface area contributed by atoms with E-state index in [0.29, 0.717) is 12.2 Å². The highest BCUT2D eigenvalue weighted by molar-refractivity contribution is 6.32. The first kappa shape index (κ1) is 36.9. The Bertz CT molecular complexity index is 1780. The second kappa shape index (κ2) is 16.5. The molecule has 0 fully saturated rings. The molecule has 4 aromatic carbocycles. The first-order valence-corrected chi connectivity index (χ1v) is 15.4. The number of halogens is 5. The van der Waals surface area contributed by atoms with Crippen LogP contribution in [0, 0.1) is 0 Å². The quantitative estimate of drug-likeness (QED) is 0.0747. The molecule has 0 spiro atoms. The number of carbonyl (C=O) groups is 2. The van der Waals surface area contributed by atoms with Crippen molar-refractivity contribution in [1.29, 1.82) is 0 Å². The van der Waals surface area contributed by atoms with E-state index in [1.807, 2.05) is 60.7 Å². The van der Waals surface area contributed by atoms with E-state index < -0.39 is 34.2 Å². The number of ether oxygens (including phenoxy) is 2. The lowest BCUT2D eigenvalue weighted by Gasteiger charge is -2.40. The number of nitrogens with two attached hydrogens (primary N) is 1. The van der Waals surface area contributed by atoms with Crippen molar-refractivity contribution in [3.63, 3.8) is 0 Å². The minimum absolute atomic E-state index is 0. The number of amides is 2. The SMILES string of the molecule is Cl.NC(=O)N(CCCOc1cccc(OC(=O)c2ccco2)c1)CC(Cc1cccc(C(F)(F)F)c1Cl)(c1ccccc1)c1ccccc1. The third-order valence-corrected chi connectivity index (χ3v) is 8.33. The predicted molar refractivity (Wildman–Crippen MR) is 182 cm³/mol. The molecule has 0 aliphatic carbocycles. The molecule has 0 saturated heterocycles. The van der Waals surface area contributed by atoms with Gasteiger partial charge in [-0.25, -0.2) is 9.59 Å². The lowest BCUT2D eigenvalue weighted by molar-refractivity contribution is -0.137. The molecule has 1 aromatic heterocycles. The van der Waals surface area contributed by atoms with Gasteiger partial charge < -0.3 is 24.5 Å². The van der Waals surface area contributed by atoms with E-state index in [1.165, 1.54) is 23.3 Å². The van der Waals surface area contributed by atoms with Crippen LogP contribution in [0.5, 0.6) is 11.5 Å². The molecule has 2 N–H and O–H groups in total. The molecule has 0 saturated carbocycles. The van der Waals surface area contributed by atoms with Crippen LogP contribution < -0.4 is 15.2 Å². The minimum Gasteiger partial charge on any atom is -0.493 e. The molecule has 7 nitrogen and oxygen atoms in total. The zero-order valence-electron chi connectivity index (χ0n) is 26.1. The van der Waals surface area contributed by atoms with Crippen LogP contribution >= 0.6 is 24.0 Å². The molecule has 0 aliphatic rings. The number of primary amides is 1. The summed E-state index contributed by atoms with van der Waals surface area (Å²) in [6.45, 7) is 0.407. The maximum atomic E-state index is 13.9. The largest absolute Gasteiger partial charge is 0.493 e. The number of alkyl halides is 3. The summed E-state index contributed by atoms with van der Waals surface area (Å²) in [5.74, 6) is 0.107. The Hall–Kier alpha value is -4.93. The molecule has 0 radical (unpaired) electrons. The monoisotopic (exact) mass is 712 g/mol. The predicted octanol–water partition coefficient (Wildman–Crippen LogP) is 8.97. The van der Waals surface area contributed by atoms with Crippen molar-refractivity contribution in [2.75, 3.05) is 19.7 Å². The van der Waals surface area contributed by atoms with Gasteiger partial charge in [0, 0.05) is 24.6 Å². The van der Waals surface area contributed by atoms with Gasteiger partial charge in [-0.2, -0.15) is 13.2 Å². The van der Waals surface area contributed by atoms with Crippen molar-refractivity contribution in [3.05, 3.63) is 155 Å². The number of benzene rings is 4. The van der Waals surface area contributed by atoms with Crippen LogP contribution in [0.1, 0.15) is 39.2 Å². The van der Waals surface area contributed by atoms with E-state index in [4.69, 9.17) is 31.2 Å². The van der Waals surface area contributed by atoms with Gasteiger partial charge in [0.2, 0.25) is 5.76 Å². The summed E-state index contributed by atoms with van der Waals surface area (Å²) >= 11 is 6.42. The van der Waals surface area contributed by atoms with Gasteiger partial charge in [-0.3, -0.25) is 0 Å². The van der Waals surface area contributed by atoms with E-state index in [-0.39, 0.29) is 55.6 Å². The minimum atomic E-state index is -4.64. The van der Waals surface area contributed by atoms with Crippen molar-refractivity contribution >= 4 is 36.0 Å². The first-order valence-electron chi connectivity index (χ1n) is 15.1. The van der Waals surface area contributed by atoms with E-state index in [0.717, 1.165) is 17.2 Å². The molecule has 49 heavy (non-hydrogen) atoms. The van der Waals surface area contributed by atoms with Crippen molar-refractivity contribution in [2.24, 2.45) is 5.73 Å². The van der Waals surface area contributed by atoms with Gasteiger partial charge >= 0.3 is 18.2 Å². The fourth-order valence-electron chi connectivity index (χ4n) is 5.60. The highest BCUT2D eigenvalue weighted by Crippen LogP contribution is 2.42. The second-order valence-electron chi connectivity index (χ2n) is 11.1. The van der Waals surface area contributed by atoms with Crippen LogP contribution in [0.25, 0.3) is 0 Å². The third kappa shape index (κ3) is 9.16. The van der Waals surface area contributed by atoms with Crippen LogP contribution in [0.15, 0.2) is 126 Å². The van der Waals surface area contributed by atoms with Gasteiger partial charge in [0.25, 0.3) is 0 Å². The number of rotatable bonds is 13. The highest BCUT2D eigenvalue weighted by atomic mass is 35.5. The van der Waals surface area contributed by atoms with Crippen LogP contribution in [-0.2, 0) is 18.0 Å². The normalized spacial score (nSPS) is 11.3. The molecule has 0 atom stereocenters. The fraction of sp³-hybridized carbons (Fsp3) is 0.189. The van der Waals surface area contributed by atoms with Gasteiger partial charge in [-0.15, -0.1) is 12.4 Å². The lowest BCUT2D eigenvalue weighted by Crippen LogP contribution is -2.48. The third-order valence-electron chi connectivity index (χ3n) is 7.88. The van der Waals surface area contributed by atoms with Crippen LogP contribution in [0.2, 0.25) is 5.02 Å². The van der Waals surface area contributed by atoms with Gasteiger partial charge in [-0.1, -0.05) is 90.5 Å². The average molecular weight is 714 g/mol. The number of hydrogen-bond acceptors (Lipinski definition) is 5. The maximum absolute atomic E-state index is 13.9. The topological polar surface area (TPSA) is 95.0 Å². The number of carbonyl (C=O) groups excluding carboxylic acids is 2. The fourth-order valence-corrected chi connectivity index (χ4v) is 5.90. The molecule has 256 valence electrons. The van der Waals surface area contributed by atoms with Gasteiger partial charge in [0.05, 0.1) is 23.5 Å². The average Bonchev–Trinajstić information content (AvgIpc) is 3.63. The zero-order chi connectivity index (χ0) is 34.1. The van der Waals surface area contributed by atoms with E-state index in [9.17, 15) is 22.8 Å². The summed E-state index contributed by atoms with van der Waals surface area (Å²) in [6, 6.07) is 31.3. The van der Waals surface area contributed by atoms with E-state index >= 15 is 0 Å². The number of urea groups is 1. The first-order chi connectivity index (χ1) is 23.1. The number of furan rings is 1. The summed E-state index contributed by atoms with van der Waals surface area (Å²) < 4.78 is 57.9. The molecular weight excluding hydrogens is 680 g/mol. The smallest absolute Gasteiger partial charge is 0.417 e. The Morgan fingerprint density at radius 1 is 0.816 bits per heavy atom. The molecule has 5 rings (SSSR count). The summed E-state index contributed by atoms with van der Waals surface area (Å²) in [5, 5.41) is -0.391. The van der Waals surface area contributed by atoms with E-state index in [2.05, 4.69) is 0 Å². The molecule has 12 heteroatoms. The van der Waals surface area contributed by atoms with Gasteiger partial charge in [0.1, 0.15) is 11.5 Å². The van der Waals surface area contributed by atoms with Crippen molar-refractivity contribution in [1.82, 2.24) is 4.90 Å². The van der Waals surface area contributed by atoms with Crippen LogP contribution in [0.3, 0.4) is 0 Å². The highest BCUT2D eigenvalue weighted by Gasteiger charge is 2.40. The molecular formula is C37H33Cl2F3N2O5. The summed E-state index contributed by atoms with van der Waals surface area (Å²) in [5.41, 5.74) is 5.78. The Kier molecular flexibility index (Phi) is 12.4. The maximum Gasteiger partial charge on any atom is 0.417 e. The molecule has 0 aliphatic heterocycles. The summed E-state index contributed by atoms with van der Waals surface area (Å²) in [6.07, 6.45) is -2.86. The van der Waals surface area contributed by atoms with Crippen molar-refractivity contribution in [3.8, 4) is 11.5 Å². The number of esters is 1. The van der Waals surface area contributed by atoms with E-state index in [1.54, 1.807) is 36.4 Å². The molecule has 5 aromatic rings.